The summed E-state index contributed by atoms with van der Waals surface area (Å²) in [6.07, 6.45) is 0. The summed E-state index contributed by atoms with van der Waals surface area (Å²) in [5.41, 5.74) is 3.74. The van der Waals surface area contributed by atoms with E-state index in [1.54, 1.807) is 0 Å². The Bertz CT molecular complexity index is 554. The SMILES string of the molecule is Cc1ccc(C)c(N2CCN(C(=O)CSCC(=O)O)CC2)c1. The third kappa shape index (κ3) is 4.40. The second-order valence-corrected chi connectivity index (χ2v) is 6.53. The lowest BCUT2D eigenvalue weighted by atomic mass is 10.1. The van der Waals surface area contributed by atoms with Gasteiger partial charge in [-0.2, -0.15) is 0 Å². The summed E-state index contributed by atoms with van der Waals surface area (Å²) in [6, 6.07) is 6.43. The maximum Gasteiger partial charge on any atom is 0.313 e. The van der Waals surface area contributed by atoms with Gasteiger partial charge in [-0.1, -0.05) is 12.1 Å². The Labute approximate surface area is 135 Å². The molecule has 5 nitrogen and oxygen atoms in total. The van der Waals surface area contributed by atoms with Gasteiger partial charge in [0.25, 0.3) is 0 Å². The number of anilines is 1. The van der Waals surface area contributed by atoms with Crippen LogP contribution in [0.2, 0.25) is 0 Å². The fourth-order valence-corrected chi connectivity index (χ4v) is 3.21. The molecule has 1 aliphatic heterocycles. The van der Waals surface area contributed by atoms with E-state index in [2.05, 4.69) is 36.9 Å². The Morgan fingerprint density at radius 3 is 2.45 bits per heavy atom. The summed E-state index contributed by atoms with van der Waals surface area (Å²) in [4.78, 5) is 26.6. The van der Waals surface area contributed by atoms with Crippen molar-refractivity contribution in [1.29, 1.82) is 0 Å². The van der Waals surface area contributed by atoms with E-state index in [1.165, 1.54) is 16.8 Å². The van der Waals surface area contributed by atoms with Gasteiger partial charge in [-0.05, 0) is 31.0 Å². The van der Waals surface area contributed by atoms with Crippen LogP contribution in [0.5, 0.6) is 0 Å². The number of hydrogen-bond acceptors (Lipinski definition) is 4. The van der Waals surface area contributed by atoms with Gasteiger partial charge in [0, 0.05) is 31.9 Å². The second kappa shape index (κ2) is 7.54. The minimum Gasteiger partial charge on any atom is -0.481 e. The van der Waals surface area contributed by atoms with Crippen molar-refractivity contribution in [3.63, 3.8) is 0 Å². The maximum absolute atomic E-state index is 12.0. The largest absolute Gasteiger partial charge is 0.481 e. The number of aliphatic carboxylic acids is 1. The molecular weight excluding hydrogens is 300 g/mol. The summed E-state index contributed by atoms with van der Waals surface area (Å²) < 4.78 is 0. The van der Waals surface area contributed by atoms with Crippen LogP contribution in [0, 0.1) is 13.8 Å². The number of benzene rings is 1. The molecule has 1 heterocycles. The Hall–Kier alpha value is -1.69. The number of carbonyl (C=O) groups is 2. The highest BCUT2D eigenvalue weighted by molar-refractivity contribution is 8.00. The molecule has 1 aromatic carbocycles. The molecule has 0 atom stereocenters. The average molecular weight is 322 g/mol. The Morgan fingerprint density at radius 1 is 1.14 bits per heavy atom. The molecule has 1 saturated heterocycles. The first-order valence-corrected chi connectivity index (χ1v) is 8.52. The molecular formula is C16H22N2O3S. The zero-order valence-corrected chi connectivity index (χ0v) is 13.9. The van der Waals surface area contributed by atoms with E-state index in [9.17, 15) is 9.59 Å². The van der Waals surface area contributed by atoms with Crippen molar-refractivity contribution in [3.05, 3.63) is 29.3 Å². The minimum absolute atomic E-state index is 0.0197. The summed E-state index contributed by atoms with van der Waals surface area (Å²) in [6.45, 7) is 7.22. The molecule has 0 bridgehead atoms. The topological polar surface area (TPSA) is 60.9 Å². The van der Waals surface area contributed by atoms with Gasteiger partial charge in [-0.25, -0.2) is 0 Å². The number of amides is 1. The minimum atomic E-state index is -0.877. The maximum atomic E-state index is 12.0. The van der Waals surface area contributed by atoms with Gasteiger partial charge in [0.05, 0.1) is 11.5 Å². The van der Waals surface area contributed by atoms with Crippen LogP contribution < -0.4 is 4.90 Å². The standard InChI is InChI=1S/C16H22N2O3S/c1-12-3-4-13(2)14(9-12)17-5-7-18(8-6-17)15(19)10-22-11-16(20)21/h3-4,9H,5-8,10-11H2,1-2H3,(H,20,21). The highest BCUT2D eigenvalue weighted by Crippen LogP contribution is 2.23. The van der Waals surface area contributed by atoms with E-state index in [0.29, 0.717) is 13.1 Å². The van der Waals surface area contributed by atoms with Gasteiger partial charge < -0.3 is 14.9 Å². The van der Waals surface area contributed by atoms with Gasteiger partial charge >= 0.3 is 5.97 Å². The monoisotopic (exact) mass is 322 g/mol. The fourth-order valence-electron chi connectivity index (χ4n) is 2.57. The number of hydrogen-bond donors (Lipinski definition) is 1. The molecule has 1 fully saturated rings. The second-order valence-electron chi connectivity index (χ2n) is 5.54. The molecule has 1 amide bonds. The molecule has 120 valence electrons. The number of carbonyl (C=O) groups excluding carboxylic acids is 1. The summed E-state index contributed by atoms with van der Waals surface area (Å²) >= 11 is 1.16. The molecule has 1 aliphatic rings. The van der Waals surface area contributed by atoms with Gasteiger partial charge in [0.15, 0.2) is 0 Å². The zero-order chi connectivity index (χ0) is 16.1. The van der Waals surface area contributed by atoms with Crippen LogP contribution in [0.4, 0.5) is 5.69 Å². The number of nitrogens with zero attached hydrogens (tertiary/aromatic N) is 2. The number of carboxylic acid groups (broad SMARTS) is 1. The van der Waals surface area contributed by atoms with Crippen LogP contribution >= 0.6 is 11.8 Å². The van der Waals surface area contributed by atoms with E-state index in [4.69, 9.17) is 5.11 Å². The van der Waals surface area contributed by atoms with Crippen molar-refractivity contribution in [3.8, 4) is 0 Å². The van der Waals surface area contributed by atoms with Crippen LogP contribution in [-0.4, -0.2) is 59.6 Å². The number of piperazine rings is 1. The van der Waals surface area contributed by atoms with Crippen molar-refractivity contribution >= 4 is 29.3 Å². The van der Waals surface area contributed by atoms with Crippen molar-refractivity contribution in [2.75, 3.05) is 42.6 Å². The first-order valence-electron chi connectivity index (χ1n) is 7.37. The van der Waals surface area contributed by atoms with E-state index < -0.39 is 5.97 Å². The van der Waals surface area contributed by atoms with E-state index in [-0.39, 0.29) is 17.4 Å². The van der Waals surface area contributed by atoms with Crippen molar-refractivity contribution in [1.82, 2.24) is 4.90 Å². The third-order valence-electron chi connectivity index (χ3n) is 3.79. The van der Waals surface area contributed by atoms with Crippen LogP contribution in [0.25, 0.3) is 0 Å². The summed E-state index contributed by atoms with van der Waals surface area (Å²) in [5, 5.41) is 8.59. The number of rotatable bonds is 5. The third-order valence-corrected chi connectivity index (χ3v) is 4.69. The zero-order valence-electron chi connectivity index (χ0n) is 13.0. The summed E-state index contributed by atoms with van der Waals surface area (Å²) in [7, 11) is 0. The quantitative estimate of drug-likeness (QED) is 0.895. The van der Waals surface area contributed by atoms with Crippen molar-refractivity contribution in [2.45, 2.75) is 13.8 Å². The predicted octanol–water partition coefficient (Wildman–Crippen LogP) is 1.77. The summed E-state index contributed by atoms with van der Waals surface area (Å²) in [5.74, 6) is -0.617. The fraction of sp³-hybridized carbons (Fsp3) is 0.500. The Kier molecular flexibility index (Phi) is 5.71. The van der Waals surface area contributed by atoms with E-state index in [1.807, 2.05) is 4.90 Å². The molecule has 2 rings (SSSR count). The van der Waals surface area contributed by atoms with E-state index >= 15 is 0 Å². The first kappa shape index (κ1) is 16.7. The predicted molar refractivity (Wildman–Crippen MR) is 89.7 cm³/mol. The first-order chi connectivity index (χ1) is 10.5. The number of aryl methyl sites for hydroxylation is 2. The molecule has 1 aromatic rings. The highest BCUT2D eigenvalue weighted by Gasteiger charge is 2.22. The van der Waals surface area contributed by atoms with Crippen molar-refractivity contribution in [2.24, 2.45) is 0 Å². The Balaban J connectivity index is 1.86. The Morgan fingerprint density at radius 2 is 1.82 bits per heavy atom. The lowest BCUT2D eigenvalue weighted by Crippen LogP contribution is -2.49. The molecule has 0 unspecified atom stereocenters. The van der Waals surface area contributed by atoms with Gasteiger partial charge in [0.1, 0.15) is 0 Å². The van der Waals surface area contributed by atoms with Crippen LogP contribution in [0.1, 0.15) is 11.1 Å². The van der Waals surface area contributed by atoms with Crippen LogP contribution in [-0.2, 0) is 9.59 Å². The molecule has 0 aromatic heterocycles. The number of carboxylic acids is 1. The highest BCUT2D eigenvalue weighted by atomic mass is 32.2. The smallest absolute Gasteiger partial charge is 0.313 e. The van der Waals surface area contributed by atoms with Gasteiger partial charge in [-0.15, -0.1) is 11.8 Å². The molecule has 22 heavy (non-hydrogen) atoms. The van der Waals surface area contributed by atoms with Gasteiger partial charge in [0.2, 0.25) is 5.91 Å². The molecule has 0 saturated carbocycles. The van der Waals surface area contributed by atoms with Crippen LogP contribution in [0.3, 0.4) is 0 Å². The molecule has 0 spiro atoms. The molecule has 1 N–H and O–H groups in total. The van der Waals surface area contributed by atoms with Crippen LogP contribution in [0.15, 0.2) is 18.2 Å². The molecule has 6 heteroatoms. The number of thioether (sulfide) groups is 1. The lowest BCUT2D eigenvalue weighted by Gasteiger charge is -2.37. The lowest BCUT2D eigenvalue weighted by molar-refractivity contribution is -0.133. The van der Waals surface area contributed by atoms with Crippen molar-refractivity contribution < 1.29 is 14.7 Å². The normalized spacial score (nSPS) is 15.0. The molecule has 0 aliphatic carbocycles. The molecule has 0 radical (unpaired) electrons. The van der Waals surface area contributed by atoms with E-state index in [0.717, 1.165) is 24.9 Å². The van der Waals surface area contributed by atoms with Gasteiger partial charge in [-0.3, -0.25) is 9.59 Å². The average Bonchev–Trinajstić information content (AvgIpc) is 2.49.